The predicted octanol–water partition coefficient (Wildman–Crippen LogP) is 3.42. The maximum absolute atomic E-state index is 10.8. The lowest BCUT2D eigenvalue weighted by Crippen LogP contribution is -2.05. The van der Waals surface area contributed by atoms with Crippen molar-refractivity contribution in [2.45, 2.75) is 6.61 Å². The fourth-order valence-corrected chi connectivity index (χ4v) is 1.88. The second-order valence-electron chi connectivity index (χ2n) is 4.15. The molecule has 1 amide bonds. The van der Waals surface area contributed by atoms with Gasteiger partial charge < -0.3 is 10.5 Å². The predicted molar refractivity (Wildman–Crippen MR) is 80.5 cm³/mol. The SMILES string of the molecule is NC(=O)/C=C/c1ccccc1OCc1ccccc1Cl. The first-order valence-electron chi connectivity index (χ1n) is 6.09. The van der Waals surface area contributed by atoms with Crippen LogP contribution in [0.3, 0.4) is 0 Å². The summed E-state index contributed by atoms with van der Waals surface area (Å²) in [5.41, 5.74) is 6.79. The minimum Gasteiger partial charge on any atom is -0.488 e. The van der Waals surface area contributed by atoms with Gasteiger partial charge in [0.25, 0.3) is 0 Å². The number of benzene rings is 2. The van der Waals surface area contributed by atoms with Crippen LogP contribution in [0.15, 0.2) is 54.6 Å². The number of carbonyl (C=O) groups is 1. The van der Waals surface area contributed by atoms with E-state index >= 15 is 0 Å². The normalized spacial score (nSPS) is 10.7. The van der Waals surface area contributed by atoms with Gasteiger partial charge in [-0.25, -0.2) is 0 Å². The Balaban J connectivity index is 2.14. The van der Waals surface area contributed by atoms with Crippen LogP contribution in [-0.4, -0.2) is 5.91 Å². The van der Waals surface area contributed by atoms with Gasteiger partial charge in [0.1, 0.15) is 12.4 Å². The third-order valence-electron chi connectivity index (χ3n) is 2.69. The van der Waals surface area contributed by atoms with E-state index in [0.717, 1.165) is 11.1 Å². The summed E-state index contributed by atoms with van der Waals surface area (Å²) in [6, 6.07) is 14.9. The number of ether oxygens (including phenoxy) is 1. The molecule has 0 atom stereocenters. The van der Waals surface area contributed by atoms with Crippen LogP contribution in [0.4, 0.5) is 0 Å². The summed E-state index contributed by atoms with van der Waals surface area (Å²) >= 11 is 6.08. The number of amides is 1. The van der Waals surface area contributed by atoms with Gasteiger partial charge in [-0.15, -0.1) is 0 Å². The largest absolute Gasteiger partial charge is 0.488 e. The Hall–Kier alpha value is -2.26. The van der Waals surface area contributed by atoms with Gasteiger partial charge in [0.2, 0.25) is 5.91 Å². The van der Waals surface area contributed by atoms with Gasteiger partial charge >= 0.3 is 0 Å². The van der Waals surface area contributed by atoms with Gasteiger partial charge in [-0.05, 0) is 18.2 Å². The molecule has 102 valence electrons. The van der Waals surface area contributed by atoms with Crippen molar-refractivity contribution in [1.29, 1.82) is 0 Å². The van der Waals surface area contributed by atoms with E-state index < -0.39 is 5.91 Å². The van der Waals surface area contributed by atoms with Crippen LogP contribution in [0, 0.1) is 0 Å². The van der Waals surface area contributed by atoms with Gasteiger partial charge in [-0.1, -0.05) is 48.0 Å². The third-order valence-corrected chi connectivity index (χ3v) is 3.06. The Bertz CT molecular complexity index is 638. The Labute approximate surface area is 122 Å². The van der Waals surface area contributed by atoms with E-state index in [9.17, 15) is 4.79 Å². The fraction of sp³-hybridized carbons (Fsp3) is 0.0625. The standard InChI is InChI=1S/C16H14ClNO2/c17-14-7-3-1-6-13(14)11-20-15-8-4-2-5-12(15)9-10-16(18)19/h1-10H,11H2,(H2,18,19)/b10-9+. The maximum Gasteiger partial charge on any atom is 0.241 e. The highest BCUT2D eigenvalue weighted by Crippen LogP contribution is 2.22. The molecule has 4 heteroatoms. The van der Waals surface area contributed by atoms with Crippen LogP contribution in [-0.2, 0) is 11.4 Å². The van der Waals surface area contributed by atoms with E-state index in [1.165, 1.54) is 6.08 Å². The number of carbonyl (C=O) groups excluding carboxylic acids is 1. The van der Waals surface area contributed by atoms with Crippen LogP contribution >= 0.6 is 11.6 Å². The Morgan fingerprint density at radius 1 is 1.15 bits per heavy atom. The molecule has 0 aliphatic rings. The number of rotatable bonds is 5. The summed E-state index contributed by atoms with van der Waals surface area (Å²) in [5.74, 6) is 0.177. The Morgan fingerprint density at radius 2 is 1.85 bits per heavy atom. The molecule has 0 heterocycles. The van der Waals surface area contributed by atoms with Crippen molar-refractivity contribution < 1.29 is 9.53 Å². The molecule has 0 saturated carbocycles. The second-order valence-corrected chi connectivity index (χ2v) is 4.56. The highest BCUT2D eigenvalue weighted by Gasteiger charge is 2.03. The topological polar surface area (TPSA) is 52.3 Å². The number of hydrogen-bond acceptors (Lipinski definition) is 2. The van der Waals surface area contributed by atoms with Gasteiger partial charge in [-0.3, -0.25) is 4.79 Å². The smallest absolute Gasteiger partial charge is 0.241 e. The molecule has 0 radical (unpaired) electrons. The van der Waals surface area contributed by atoms with Crippen LogP contribution in [0.2, 0.25) is 5.02 Å². The molecule has 0 spiro atoms. The van der Waals surface area contributed by atoms with Crippen LogP contribution in [0.1, 0.15) is 11.1 Å². The summed E-state index contributed by atoms with van der Waals surface area (Å²) in [6.45, 7) is 0.362. The van der Waals surface area contributed by atoms with E-state index in [1.54, 1.807) is 6.08 Å². The molecule has 0 aliphatic heterocycles. The zero-order valence-corrected chi connectivity index (χ0v) is 11.5. The fourth-order valence-electron chi connectivity index (χ4n) is 1.69. The summed E-state index contributed by atoms with van der Waals surface area (Å²) < 4.78 is 5.75. The van der Waals surface area contributed by atoms with Crippen molar-refractivity contribution >= 4 is 23.6 Å². The van der Waals surface area contributed by atoms with Gasteiger partial charge in [0.15, 0.2) is 0 Å². The molecule has 3 nitrogen and oxygen atoms in total. The molecule has 0 unspecified atom stereocenters. The lowest BCUT2D eigenvalue weighted by atomic mass is 10.2. The second kappa shape index (κ2) is 6.78. The summed E-state index contributed by atoms with van der Waals surface area (Å²) in [7, 11) is 0. The van der Waals surface area contributed by atoms with Crippen molar-refractivity contribution in [3.63, 3.8) is 0 Å². The molecular weight excluding hydrogens is 274 g/mol. The average molecular weight is 288 g/mol. The molecule has 0 aliphatic carbocycles. The maximum atomic E-state index is 10.8. The van der Waals surface area contributed by atoms with Gasteiger partial charge in [0, 0.05) is 22.2 Å². The quantitative estimate of drug-likeness (QED) is 0.857. The monoisotopic (exact) mass is 287 g/mol. The molecule has 2 rings (SSSR count). The van der Waals surface area contributed by atoms with Crippen LogP contribution in [0.5, 0.6) is 5.75 Å². The molecule has 2 aromatic rings. The van der Waals surface area contributed by atoms with E-state index in [4.69, 9.17) is 22.1 Å². The zero-order valence-electron chi connectivity index (χ0n) is 10.8. The number of para-hydroxylation sites is 1. The molecule has 0 fully saturated rings. The molecular formula is C16H14ClNO2. The highest BCUT2D eigenvalue weighted by molar-refractivity contribution is 6.31. The van der Waals surface area contributed by atoms with Gasteiger partial charge in [0.05, 0.1) is 0 Å². The Morgan fingerprint density at radius 3 is 2.60 bits per heavy atom. The molecule has 0 saturated heterocycles. The number of halogens is 1. The first-order valence-corrected chi connectivity index (χ1v) is 6.47. The van der Waals surface area contributed by atoms with Crippen molar-refractivity contribution in [2.24, 2.45) is 5.73 Å². The van der Waals surface area contributed by atoms with Crippen molar-refractivity contribution in [3.05, 3.63) is 70.8 Å². The lowest BCUT2D eigenvalue weighted by molar-refractivity contribution is -0.113. The van der Waals surface area contributed by atoms with Crippen LogP contribution < -0.4 is 10.5 Å². The highest BCUT2D eigenvalue weighted by atomic mass is 35.5. The molecule has 0 aromatic heterocycles. The van der Waals surface area contributed by atoms with Crippen LogP contribution in [0.25, 0.3) is 6.08 Å². The van der Waals surface area contributed by atoms with Crippen molar-refractivity contribution in [1.82, 2.24) is 0 Å². The zero-order chi connectivity index (χ0) is 14.4. The van der Waals surface area contributed by atoms with Gasteiger partial charge in [-0.2, -0.15) is 0 Å². The third kappa shape index (κ3) is 3.87. The number of nitrogens with two attached hydrogens (primary N) is 1. The van der Waals surface area contributed by atoms with Crippen molar-refractivity contribution in [3.8, 4) is 5.75 Å². The molecule has 2 aromatic carbocycles. The first kappa shape index (κ1) is 14.2. The summed E-state index contributed by atoms with van der Waals surface area (Å²) in [4.78, 5) is 10.8. The minimum absolute atomic E-state index is 0.362. The summed E-state index contributed by atoms with van der Waals surface area (Å²) in [5, 5.41) is 0.664. The molecule has 0 bridgehead atoms. The van der Waals surface area contributed by atoms with Crippen molar-refractivity contribution in [2.75, 3.05) is 0 Å². The molecule has 2 N–H and O–H groups in total. The first-order chi connectivity index (χ1) is 9.66. The lowest BCUT2D eigenvalue weighted by Gasteiger charge is -2.10. The number of hydrogen-bond donors (Lipinski definition) is 1. The Kier molecular flexibility index (Phi) is 4.80. The molecule has 20 heavy (non-hydrogen) atoms. The average Bonchev–Trinajstić information content (AvgIpc) is 2.45. The number of primary amides is 1. The van der Waals surface area contributed by atoms with E-state index in [-0.39, 0.29) is 0 Å². The minimum atomic E-state index is -0.495. The van der Waals surface area contributed by atoms with E-state index in [1.807, 2.05) is 48.5 Å². The van der Waals surface area contributed by atoms with E-state index in [2.05, 4.69) is 0 Å². The van der Waals surface area contributed by atoms with E-state index in [0.29, 0.717) is 17.4 Å². The summed E-state index contributed by atoms with van der Waals surface area (Å²) in [6.07, 6.45) is 2.93.